The average molecular weight is 243 g/mol. The van der Waals surface area contributed by atoms with Crippen molar-refractivity contribution in [2.45, 2.75) is 64.0 Å². The Balaban J connectivity index is 2.44. The van der Waals surface area contributed by atoms with Gasteiger partial charge in [0.15, 0.2) is 0 Å². The largest absolute Gasteiger partial charge is 0.480 e. The quantitative estimate of drug-likeness (QED) is 0.641. The number of hydrogen-bond donors (Lipinski definition) is 2. The van der Waals surface area contributed by atoms with Crippen LogP contribution in [0.2, 0.25) is 0 Å². The molecule has 0 saturated heterocycles. The lowest BCUT2D eigenvalue weighted by molar-refractivity contribution is -0.145. The van der Waals surface area contributed by atoms with Crippen molar-refractivity contribution in [3.05, 3.63) is 0 Å². The van der Waals surface area contributed by atoms with Crippen LogP contribution in [0.25, 0.3) is 0 Å². The molecule has 17 heavy (non-hydrogen) atoms. The maximum absolute atomic E-state index is 11.4. The summed E-state index contributed by atoms with van der Waals surface area (Å²) >= 11 is 0. The van der Waals surface area contributed by atoms with Gasteiger partial charge in [-0.05, 0) is 32.2 Å². The summed E-state index contributed by atoms with van der Waals surface area (Å²) in [5.41, 5.74) is -0.743. The molecule has 100 valence electrons. The highest BCUT2D eigenvalue weighted by atomic mass is 16.5. The lowest BCUT2D eigenvalue weighted by Gasteiger charge is -2.25. The van der Waals surface area contributed by atoms with E-state index in [9.17, 15) is 9.90 Å². The molecule has 1 fully saturated rings. The number of carboxylic acid groups (broad SMARTS) is 1. The third-order valence-corrected chi connectivity index (χ3v) is 3.44. The van der Waals surface area contributed by atoms with Crippen LogP contribution in [0.4, 0.5) is 0 Å². The van der Waals surface area contributed by atoms with Crippen molar-refractivity contribution in [2.75, 3.05) is 13.2 Å². The number of aliphatic carboxylic acids is 1. The molecule has 1 aliphatic carbocycles. The van der Waals surface area contributed by atoms with Crippen LogP contribution in [-0.4, -0.2) is 35.9 Å². The van der Waals surface area contributed by atoms with E-state index >= 15 is 0 Å². The molecule has 0 aromatic heterocycles. The Morgan fingerprint density at radius 1 is 1.47 bits per heavy atom. The smallest absolute Gasteiger partial charge is 0.323 e. The maximum Gasteiger partial charge on any atom is 0.323 e. The fourth-order valence-electron chi connectivity index (χ4n) is 2.33. The van der Waals surface area contributed by atoms with Crippen molar-refractivity contribution >= 4 is 5.97 Å². The summed E-state index contributed by atoms with van der Waals surface area (Å²) in [4.78, 5) is 11.4. The predicted octanol–water partition coefficient (Wildman–Crippen LogP) is 2.18. The zero-order chi connectivity index (χ0) is 12.7. The van der Waals surface area contributed by atoms with Crippen LogP contribution >= 0.6 is 0 Å². The van der Waals surface area contributed by atoms with Crippen LogP contribution in [-0.2, 0) is 9.53 Å². The van der Waals surface area contributed by atoms with E-state index in [-0.39, 0.29) is 6.10 Å². The molecule has 0 amide bonds. The molecule has 0 radical (unpaired) electrons. The second-order valence-electron chi connectivity index (χ2n) is 4.90. The topological polar surface area (TPSA) is 58.6 Å². The van der Waals surface area contributed by atoms with E-state index in [1.54, 1.807) is 0 Å². The molecule has 0 heterocycles. The third-order valence-electron chi connectivity index (χ3n) is 3.44. The zero-order valence-corrected chi connectivity index (χ0v) is 11.0. The van der Waals surface area contributed by atoms with Gasteiger partial charge in [-0.2, -0.15) is 0 Å². The molecule has 0 aromatic rings. The molecule has 2 atom stereocenters. The molecule has 4 heteroatoms. The minimum Gasteiger partial charge on any atom is -0.480 e. The van der Waals surface area contributed by atoms with Crippen LogP contribution in [0.1, 0.15) is 52.4 Å². The fourth-order valence-corrected chi connectivity index (χ4v) is 2.33. The summed E-state index contributed by atoms with van der Waals surface area (Å²) in [7, 11) is 0. The van der Waals surface area contributed by atoms with Gasteiger partial charge < -0.3 is 15.2 Å². The number of carbonyl (C=O) groups is 1. The van der Waals surface area contributed by atoms with Crippen LogP contribution in [0.15, 0.2) is 0 Å². The van der Waals surface area contributed by atoms with Crippen molar-refractivity contribution in [1.82, 2.24) is 5.32 Å². The molecule has 1 aliphatic rings. The van der Waals surface area contributed by atoms with E-state index in [0.29, 0.717) is 12.8 Å². The van der Waals surface area contributed by atoms with E-state index in [1.807, 2.05) is 6.92 Å². The molecule has 0 bridgehead atoms. The first-order valence-corrected chi connectivity index (χ1v) is 6.74. The summed E-state index contributed by atoms with van der Waals surface area (Å²) in [6.45, 7) is 5.69. The standard InChI is InChI=1S/C13H25NO3/c1-3-5-9-17-11-6-7-13(10-11,12(15)16)14-8-4-2/h11,14H,3-10H2,1-2H3,(H,15,16). The van der Waals surface area contributed by atoms with Crippen LogP contribution in [0.3, 0.4) is 0 Å². The molecule has 2 unspecified atom stereocenters. The molecule has 0 spiro atoms. The number of rotatable bonds is 8. The van der Waals surface area contributed by atoms with E-state index in [2.05, 4.69) is 12.2 Å². The van der Waals surface area contributed by atoms with E-state index in [4.69, 9.17) is 4.74 Å². The van der Waals surface area contributed by atoms with Crippen molar-refractivity contribution < 1.29 is 14.6 Å². The lowest BCUT2D eigenvalue weighted by atomic mass is 9.97. The Bertz CT molecular complexity index is 245. The number of carboxylic acids is 1. The molecule has 1 rings (SSSR count). The van der Waals surface area contributed by atoms with E-state index in [0.717, 1.165) is 38.8 Å². The Kier molecular flexibility index (Phi) is 5.92. The van der Waals surface area contributed by atoms with Gasteiger partial charge in [0.1, 0.15) is 5.54 Å². The minimum absolute atomic E-state index is 0.113. The molecular weight excluding hydrogens is 218 g/mol. The van der Waals surface area contributed by atoms with E-state index in [1.165, 1.54) is 0 Å². The van der Waals surface area contributed by atoms with Gasteiger partial charge in [-0.15, -0.1) is 0 Å². The summed E-state index contributed by atoms with van der Waals surface area (Å²) in [5, 5.41) is 12.5. The Labute approximate surface area is 104 Å². The maximum atomic E-state index is 11.4. The Morgan fingerprint density at radius 2 is 2.24 bits per heavy atom. The summed E-state index contributed by atoms with van der Waals surface area (Å²) in [6.07, 6.45) is 5.38. The molecule has 1 saturated carbocycles. The zero-order valence-electron chi connectivity index (χ0n) is 11.0. The molecular formula is C13H25NO3. The SMILES string of the molecule is CCCCOC1CCC(NCCC)(C(=O)O)C1. The monoisotopic (exact) mass is 243 g/mol. The Hall–Kier alpha value is -0.610. The van der Waals surface area contributed by atoms with Gasteiger partial charge in [0.05, 0.1) is 6.10 Å². The van der Waals surface area contributed by atoms with Crippen LogP contribution in [0, 0.1) is 0 Å². The number of ether oxygens (including phenoxy) is 1. The second kappa shape index (κ2) is 6.97. The summed E-state index contributed by atoms with van der Waals surface area (Å²) in [6, 6.07) is 0. The fraction of sp³-hybridized carbons (Fsp3) is 0.923. The van der Waals surface area contributed by atoms with Crippen LogP contribution < -0.4 is 5.32 Å². The van der Waals surface area contributed by atoms with Gasteiger partial charge >= 0.3 is 5.97 Å². The van der Waals surface area contributed by atoms with Crippen LogP contribution in [0.5, 0.6) is 0 Å². The van der Waals surface area contributed by atoms with E-state index < -0.39 is 11.5 Å². The highest BCUT2D eigenvalue weighted by Crippen LogP contribution is 2.32. The van der Waals surface area contributed by atoms with Gasteiger partial charge in [-0.3, -0.25) is 4.79 Å². The molecule has 0 aromatic carbocycles. The summed E-state index contributed by atoms with van der Waals surface area (Å²) in [5.74, 6) is -0.729. The van der Waals surface area contributed by atoms with Gasteiger partial charge in [0.2, 0.25) is 0 Å². The lowest BCUT2D eigenvalue weighted by Crippen LogP contribution is -2.50. The van der Waals surface area contributed by atoms with Gasteiger partial charge in [0.25, 0.3) is 0 Å². The van der Waals surface area contributed by atoms with Crippen molar-refractivity contribution in [3.63, 3.8) is 0 Å². The highest BCUT2D eigenvalue weighted by molar-refractivity contribution is 5.79. The van der Waals surface area contributed by atoms with Crippen molar-refractivity contribution in [1.29, 1.82) is 0 Å². The number of unbranched alkanes of at least 4 members (excludes halogenated alkanes) is 1. The molecule has 4 nitrogen and oxygen atoms in total. The number of nitrogens with one attached hydrogen (secondary N) is 1. The molecule has 0 aliphatic heterocycles. The van der Waals surface area contributed by atoms with Crippen molar-refractivity contribution in [3.8, 4) is 0 Å². The third kappa shape index (κ3) is 3.96. The first kappa shape index (κ1) is 14.5. The first-order valence-electron chi connectivity index (χ1n) is 6.74. The highest BCUT2D eigenvalue weighted by Gasteiger charge is 2.45. The van der Waals surface area contributed by atoms with Gasteiger partial charge in [-0.25, -0.2) is 0 Å². The molecule has 2 N–H and O–H groups in total. The average Bonchev–Trinajstić information content (AvgIpc) is 2.72. The predicted molar refractivity (Wildman–Crippen MR) is 67.2 cm³/mol. The van der Waals surface area contributed by atoms with Crippen molar-refractivity contribution in [2.24, 2.45) is 0 Å². The summed E-state index contributed by atoms with van der Waals surface area (Å²) < 4.78 is 5.73. The van der Waals surface area contributed by atoms with Gasteiger partial charge in [-0.1, -0.05) is 20.3 Å². The normalized spacial score (nSPS) is 28.5. The second-order valence-corrected chi connectivity index (χ2v) is 4.90. The van der Waals surface area contributed by atoms with Gasteiger partial charge in [0, 0.05) is 13.0 Å². The Morgan fingerprint density at radius 3 is 2.82 bits per heavy atom. The number of hydrogen-bond acceptors (Lipinski definition) is 3. The minimum atomic E-state index is -0.743. The first-order chi connectivity index (χ1) is 8.14.